The molecule has 23 heavy (non-hydrogen) atoms. The molecule has 3 rings (SSSR count). The number of H-pyrrole nitrogens is 1. The minimum absolute atomic E-state index is 0.112. The van der Waals surface area contributed by atoms with Gasteiger partial charge in [-0.1, -0.05) is 24.3 Å². The van der Waals surface area contributed by atoms with Gasteiger partial charge in [0.2, 0.25) is 5.91 Å². The second-order valence-electron chi connectivity index (χ2n) is 5.63. The van der Waals surface area contributed by atoms with Crippen molar-refractivity contribution in [3.8, 4) is 0 Å². The van der Waals surface area contributed by atoms with Crippen molar-refractivity contribution in [2.24, 2.45) is 0 Å². The quantitative estimate of drug-likeness (QED) is 0.704. The van der Waals surface area contributed by atoms with Gasteiger partial charge < -0.3 is 10.3 Å². The van der Waals surface area contributed by atoms with E-state index in [1.54, 1.807) is 6.20 Å². The van der Waals surface area contributed by atoms with Gasteiger partial charge in [0.25, 0.3) is 0 Å². The molecule has 0 atom stereocenters. The van der Waals surface area contributed by atoms with Crippen LogP contribution in [0.5, 0.6) is 0 Å². The summed E-state index contributed by atoms with van der Waals surface area (Å²) in [5.41, 5.74) is 3.44. The minimum atomic E-state index is 0.112. The molecule has 0 spiro atoms. The average molecular weight is 307 g/mol. The highest BCUT2D eigenvalue weighted by molar-refractivity contribution is 5.83. The molecule has 2 N–H and O–H groups in total. The summed E-state index contributed by atoms with van der Waals surface area (Å²) in [5.74, 6) is 0.112. The fourth-order valence-electron chi connectivity index (χ4n) is 2.74. The van der Waals surface area contributed by atoms with E-state index in [0.29, 0.717) is 13.0 Å². The Hall–Kier alpha value is -2.62. The molecule has 0 aliphatic heterocycles. The summed E-state index contributed by atoms with van der Waals surface area (Å²) in [6, 6.07) is 14.1. The topological polar surface area (TPSA) is 57.8 Å². The summed E-state index contributed by atoms with van der Waals surface area (Å²) in [6.45, 7) is 0.642. The van der Waals surface area contributed by atoms with Gasteiger partial charge in [0.15, 0.2) is 0 Å². The maximum Gasteiger partial charge on any atom is 0.220 e. The number of rotatable bonds is 7. The Balaban J connectivity index is 1.39. The maximum absolute atomic E-state index is 11.9. The Labute approximate surface area is 136 Å². The molecule has 4 nitrogen and oxygen atoms in total. The summed E-state index contributed by atoms with van der Waals surface area (Å²) >= 11 is 0. The monoisotopic (exact) mass is 307 g/mol. The fraction of sp³-hybridized carbons (Fsp3) is 0.263. The predicted molar refractivity (Wildman–Crippen MR) is 92.2 cm³/mol. The third-order valence-electron chi connectivity index (χ3n) is 3.95. The average Bonchev–Trinajstić information content (AvgIpc) is 2.99. The number of hydrogen-bond acceptors (Lipinski definition) is 2. The molecular weight excluding hydrogens is 286 g/mol. The zero-order valence-corrected chi connectivity index (χ0v) is 13.1. The van der Waals surface area contributed by atoms with E-state index in [2.05, 4.69) is 27.4 Å². The number of nitrogens with zero attached hydrogens (tertiary/aromatic N) is 1. The number of aryl methyl sites for hydroxylation is 1. The van der Waals surface area contributed by atoms with Crippen LogP contribution in [0.25, 0.3) is 10.9 Å². The minimum Gasteiger partial charge on any atom is -0.361 e. The van der Waals surface area contributed by atoms with Crippen molar-refractivity contribution in [1.29, 1.82) is 0 Å². The number of pyridine rings is 1. The first-order chi connectivity index (χ1) is 11.3. The number of aromatic nitrogens is 2. The van der Waals surface area contributed by atoms with Crippen LogP contribution < -0.4 is 5.32 Å². The zero-order chi connectivity index (χ0) is 15.9. The Morgan fingerprint density at radius 2 is 1.96 bits per heavy atom. The van der Waals surface area contributed by atoms with Crippen molar-refractivity contribution < 1.29 is 4.79 Å². The molecule has 0 aliphatic rings. The Kier molecular flexibility index (Phi) is 5.04. The summed E-state index contributed by atoms with van der Waals surface area (Å²) in [5, 5.41) is 4.21. The summed E-state index contributed by atoms with van der Waals surface area (Å²) in [6.07, 6.45) is 6.92. The molecule has 2 heterocycles. The highest BCUT2D eigenvalue weighted by Crippen LogP contribution is 2.19. The van der Waals surface area contributed by atoms with Gasteiger partial charge in [0.1, 0.15) is 0 Å². The van der Waals surface area contributed by atoms with Crippen LogP contribution in [0.1, 0.15) is 24.1 Å². The summed E-state index contributed by atoms with van der Waals surface area (Å²) in [7, 11) is 0. The molecule has 4 heteroatoms. The fourth-order valence-corrected chi connectivity index (χ4v) is 2.74. The lowest BCUT2D eigenvalue weighted by atomic mass is 10.1. The first-order valence-corrected chi connectivity index (χ1v) is 8.04. The number of carbonyl (C=O) groups excluding carboxylic acids is 1. The molecule has 1 aromatic carbocycles. The highest BCUT2D eigenvalue weighted by atomic mass is 16.1. The molecule has 1 amide bonds. The van der Waals surface area contributed by atoms with E-state index < -0.39 is 0 Å². The number of carbonyl (C=O) groups is 1. The van der Waals surface area contributed by atoms with E-state index in [-0.39, 0.29) is 5.91 Å². The third-order valence-corrected chi connectivity index (χ3v) is 3.95. The smallest absolute Gasteiger partial charge is 0.220 e. The number of fused-ring (bicyclic) bond motifs is 1. The van der Waals surface area contributed by atoms with E-state index in [0.717, 1.165) is 30.5 Å². The van der Waals surface area contributed by atoms with Crippen LogP contribution in [0.15, 0.2) is 54.9 Å². The number of amides is 1. The van der Waals surface area contributed by atoms with Crippen molar-refractivity contribution in [3.05, 3.63) is 66.1 Å². The Bertz CT molecular complexity index is 764. The molecule has 0 fully saturated rings. The lowest BCUT2D eigenvalue weighted by molar-refractivity contribution is -0.121. The molecule has 0 aliphatic carbocycles. The van der Waals surface area contributed by atoms with Gasteiger partial charge >= 0.3 is 0 Å². The molecule has 118 valence electrons. The number of aromatic amines is 1. The van der Waals surface area contributed by atoms with Crippen molar-refractivity contribution in [3.63, 3.8) is 0 Å². The van der Waals surface area contributed by atoms with Gasteiger partial charge in [0.05, 0.1) is 0 Å². The molecule has 0 saturated carbocycles. The number of para-hydroxylation sites is 1. The van der Waals surface area contributed by atoms with Crippen LogP contribution in [0.4, 0.5) is 0 Å². The van der Waals surface area contributed by atoms with E-state index in [1.165, 1.54) is 10.9 Å². The van der Waals surface area contributed by atoms with E-state index in [4.69, 9.17) is 0 Å². The lowest BCUT2D eigenvalue weighted by Gasteiger charge is -2.05. The van der Waals surface area contributed by atoms with Crippen LogP contribution in [0.3, 0.4) is 0 Å². The molecule has 2 aromatic heterocycles. The second-order valence-corrected chi connectivity index (χ2v) is 5.63. The number of hydrogen-bond donors (Lipinski definition) is 2. The standard InChI is InChI=1S/C19H21N3O/c23-19(21-13-11-16-7-3-4-12-20-16)10-5-6-15-14-22-18-9-2-1-8-17(15)18/h1-4,7-9,12,14,22H,5-6,10-11,13H2,(H,21,23). The van der Waals surface area contributed by atoms with Gasteiger partial charge in [-0.25, -0.2) is 0 Å². The van der Waals surface area contributed by atoms with Gasteiger partial charge in [0, 0.05) is 48.4 Å². The van der Waals surface area contributed by atoms with Crippen molar-refractivity contribution in [1.82, 2.24) is 15.3 Å². The maximum atomic E-state index is 11.9. The third kappa shape index (κ3) is 4.19. The van der Waals surface area contributed by atoms with Crippen LogP contribution in [-0.2, 0) is 17.6 Å². The normalized spacial score (nSPS) is 10.8. The Morgan fingerprint density at radius 3 is 2.83 bits per heavy atom. The van der Waals surface area contributed by atoms with E-state index in [9.17, 15) is 4.79 Å². The van der Waals surface area contributed by atoms with Crippen LogP contribution in [0, 0.1) is 0 Å². The number of benzene rings is 1. The predicted octanol–water partition coefficient (Wildman–Crippen LogP) is 3.24. The molecule has 0 saturated heterocycles. The lowest BCUT2D eigenvalue weighted by Crippen LogP contribution is -2.25. The molecular formula is C19H21N3O. The van der Waals surface area contributed by atoms with Crippen LogP contribution >= 0.6 is 0 Å². The molecule has 0 radical (unpaired) electrons. The number of nitrogens with one attached hydrogen (secondary N) is 2. The van der Waals surface area contributed by atoms with Gasteiger partial charge in [-0.15, -0.1) is 0 Å². The molecule has 3 aromatic rings. The van der Waals surface area contributed by atoms with Crippen LogP contribution in [0.2, 0.25) is 0 Å². The van der Waals surface area contributed by atoms with Gasteiger partial charge in [-0.2, -0.15) is 0 Å². The molecule has 0 bridgehead atoms. The first kappa shape index (κ1) is 15.3. The molecule has 0 unspecified atom stereocenters. The zero-order valence-electron chi connectivity index (χ0n) is 13.1. The summed E-state index contributed by atoms with van der Waals surface area (Å²) in [4.78, 5) is 19.4. The van der Waals surface area contributed by atoms with E-state index in [1.807, 2.05) is 36.5 Å². The highest BCUT2D eigenvalue weighted by Gasteiger charge is 2.05. The van der Waals surface area contributed by atoms with Crippen molar-refractivity contribution in [2.45, 2.75) is 25.7 Å². The van der Waals surface area contributed by atoms with Crippen molar-refractivity contribution in [2.75, 3.05) is 6.54 Å². The van der Waals surface area contributed by atoms with E-state index >= 15 is 0 Å². The first-order valence-electron chi connectivity index (χ1n) is 8.04. The van der Waals surface area contributed by atoms with Gasteiger partial charge in [-0.3, -0.25) is 9.78 Å². The largest absolute Gasteiger partial charge is 0.361 e. The van der Waals surface area contributed by atoms with Crippen LogP contribution in [-0.4, -0.2) is 22.4 Å². The summed E-state index contributed by atoms with van der Waals surface area (Å²) < 4.78 is 0. The second kappa shape index (κ2) is 7.58. The SMILES string of the molecule is O=C(CCCc1c[nH]c2ccccc12)NCCc1ccccn1. The van der Waals surface area contributed by atoms with Gasteiger partial charge in [-0.05, 0) is 36.6 Å². The van der Waals surface area contributed by atoms with Crippen molar-refractivity contribution >= 4 is 16.8 Å². The Morgan fingerprint density at radius 1 is 1.09 bits per heavy atom.